The van der Waals surface area contributed by atoms with Crippen molar-refractivity contribution in [2.75, 3.05) is 18.8 Å². The number of nitro benzene ring substituents is 1. The predicted octanol–water partition coefficient (Wildman–Crippen LogP) is 1.59. The van der Waals surface area contributed by atoms with E-state index in [1.54, 1.807) is 12.1 Å². The Bertz CT molecular complexity index is 464. The Hall–Kier alpha value is -1.31. The number of rotatable bonds is 5. The highest BCUT2D eigenvalue weighted by atomic mass is 35.5. The van der Waals surface area contributed by atoms with Gasteiger partial charge in [0.05, 0.1) is 10.7 Å². The van der Waals surface area contributed by atoms with E-state index in [1.165, 1.54) is 23.9 Å². The molecule has 1 aliphatic rings. The zero-order valence-corrected chi connectivity index (χ0v) is 12.3. The lowest BCUT2D eigenvalue weighted by atomic mass is 10.3. The average molecular weight is 318 g/mol. The van der Waals surface area contributed by atoms with Crippen LogP contribution in [0.2, 0.25) is 0 Å². The van der Waals surface area contributed by atoms with Crippen molar-refractivity contribution in [3.05, 3.63) is 34.4 Å². The van der Waals surface area contributed by atoms with Gasteiger partial charge < -0.3 is 10.6 Å². The van der Waals surface area contributed by atoms with Gasteiger partial charge in [-0.1, -0.05) is 0 Å². The maximum atomic E-state index is 11.7. The highest BCUT2D eigenvalue weighted by Crippen LogP contribution is 2.21. The van der Waals surface area contributed by atoms with E-state index in [-0.39, 0.29) is 30.0 Å². The summed E-state index contributed by atoms with van der Waals surface area (Å²) >= 11 is 1.38. The minimum atomic E-state index is -0.436. The van der Waals surface area contributed by atoms with Gasteiger partial charge in [-0.15, -0.1) is 24.2 Å². The van der Waals surface area contributed by atoms with E-state index in [0.29, 0.717) is 5.75 Å². The van der Waals surface area contributed by atoms with Gasteiger partial charge in [-0.05, 0) is 25.1 Å². The second kappa shape index (κ2) is 8.08. The van der Waals surface area contributed by atoms with E-state index in [4.69, 9.17) is 0 Å². The maximum absolute atomic E-state index is 11.7. The molecule has 0 aromatic heterocycles. The molecule has 110 valence electrons. The lowest BCUT2D eigenvalue weighted by molar-refractivity contribution is -0.384. The van der Waals surface area contributed by atoms with Crippen LogP contribution in [-0.2, 0) is 4.79 Å². The Kier molecular flexibility index (Phi) is 6.77. The van der Waals surface area contributed by atoms with Gasteiger partial charge in [-0.2, -0.15) is 0 Å². The maximum Gasteiger partial charge on any atom is 0.269 e. The summed E-state index contributed by atoms with van der Waals surface area (Å²) in [4.78, 5) is 22.6. The smallest absolute Gasteiger partial charge is 0.269 e. The van der Waals surface area contributed by atoms with E-state index in [9.17, 15) is 14.9 Å². The van der Waals surface area contributed by atoms with Crippen molar-refractivity contribution in [1.82, 2.24) is 10.6 Å². The number of carbonyl (C=O) groups excluding carboxylic acids is 1. The first-order chi connectivity index (χ1) is 9.15. The summed E-state index contributed by atoms with van der Waals surface area (Å²) in [7, 11) is 0. The fourth-order valence-electron chi connectivity index (χ4n) is 1.86. The zero-order valence-electron chi connectivity index (χ0n) is 10.7. The molecule has 1 unspecified atom stereocenters. The van der Waals surface area contributed by atoms with Gasteiger partial charge in [-0.3, -0.25) is 14.9 Å². The minimum Gasteiger partial charge on any atom is -0.351 e. The normalized spacial score (nSPS) is 17.3. The zero-order chi connectivity index (χ0) is 13.7. The molecule has 0 aliphatic carbocycles. The van der Waals surface area contributed by atoms with E-state index in [0.717, 1.165) is 24.4 Å². The largest absolute Gasteiger partial charge is 0.351 e. The first kappa shape index (κ1) is 16.7. The van der Waals surface area contributed by atoms with Gasteiger partial charge in [0.15, 0.2) is 0 Å². The van der Waals surface area contributed by atoms with Crippen molar-refractivity contribution in [2.45, 2.75) is 17.4 Å². The van der Waals surface area contributed by atoms with Crippen molar-refractivity contribution >= 4 is 35.8 Å². The molecular weight excluding hydrogens is 302 g/mol. The van der Waals surface area contributed by atoms with Crippen LogP contribution < -0.4 is 10.6 Å². The lowest BCUT2D eigenvalue weighted by Gasteiger charge is -2.10. The molecule has 6 nitrogen and oxygen atoms in total. The van der Waals surface area contributed by atoms with Gasteiger partial charge >= 0.3 is 0 Å². The Morgan fingerprint density at radius 2 is 2.15 bits per heavy atom. The summed E-state index contributed by atoms with van der Waals surface area (Å²) in [6, 6.07) is 6.44. The summed E-state index contributed by atoms with van der Waals surface area (Å²) in [5, 5.41) is 16.6. The number of halogens is 1. The number of benzene rings is 1. The third-order valence-electron chi connectivity index (χ3n) is 2.84. The molecule has 20 heavy (non-hydrogen) atoms. The Morgan fingerprint density at radius 3 is 2.70 bits per heavy atom. The number of hydrogen-bond donors (Lipinski definition) is 2. The van der Waals surface area contributed by atoms with E-state index >= 15 is 0 Å². The molecule has 1 fully saturated rings. The fourth-order valence-corrected chi connectivity index (χ4v) is 2.57. The molecule has 0 bridgehead atoms. The standard InChI is InChI=1S/C12H15N3O3S.ClH/c16-12(14-9-5-6-13-7-9)8-19-11-3-1-10(2-4-11)15(17)18;/h1-4,9,13H,5-8H2,(H,14,16);1H. The van der Waals surface area contributed by atoms with Crippen LogP contribution in [0.3, 0.4) is 0 Å². The molecule has 1 heterocycles. The number of nitrogens with zero attached hydrogens (tertiary/aromatic N) is 1. The van der Waals surface area contributed by atoms with Crippen LogP contribution in [0.15, 0.2) is 29.2 Å². The first-order valence-corrected chi connectivity index (χ1v) is 7.01. The number of nitrogens with one attached hydrogen (secondary N) is 2. The molecule has 1 saturated heterocycles. The third kappa shape index (κ3) is 4.99. The number of hydrogen-bond acceptors (Lipinski definition) is 5. The Balaban J connectivity index is 0.00000200. The van der Waals surface area contributed by atoms with Crippen LogP contribution in [0.5, 0.6) is 0 Å². The minimum absolute atomic E-state index is 0. The second-order valence-electron chi connectivity index (χ2n) is 4.30. The van der Waals surface area contributed by atoms with Gasteiger partial charge in [0.2, 0.25) is 5.91 Å². The average Bonchev–Trinajstić information content (AvgIpc) is 2.89. The number of amides is 1. The molecule has 2 rings (SSSR count). The van der Waals surface area contributed by atoms with E-state index < -0.39 is 4.92 Å². The van der Waals surface area contributed by atoms with Crippen LogP contribution >= 0.6 is 24.2 Å². The van der Waals surface area contributed by atoms with Crippen molar-refractivity contribution in [3.8, 4) is 0 Å². The highest BCUT2D eigenvalue weighted by molar-refractivity contribution is 8.00. The van der Waals surface area contributed by atoms with Crippen LogP contribution in [0, 0.1) is 10.1 Å². The van der Waals surface area contributed by atoms with Crippen molar-refractivity contribution < 1.29 is 9.72 Å². The highest BCUT2D eigenvalue weighted by Gasteiger charge is 2.16. The molecule has 1 aromatic carbocycles. The molecule has 8 heteroatoms. The van der Waals surface area contributed by atoms with Gasteiger partial charge in [0.1, 0.15) is 0 Å². The molecule has 1 atom stereocenters. The topological polar surface area (TPSA) is 84.3 Å². The number of thioether (sulfide) groups is 1. The molecule has 1 aromatic rings. The van der Waals surface area contributed by atoms with Crippen LogP contribution in [0.4, 0.5) is 5.69 Å². The summed E-state index contributed by atoms with van der Waals surface area (Å²) < 4.78 is 0. The predicted molar refractivity (Wildman–Crippen MR) is 80.5 cm³/mol. The Morgan fingerprint density at radius 1 is 1.45 bits per heavy atom. The summed E-state index contributed by atoms with van der Waals surface area (Å²) in [6.07, 6.45) is 0.966. The Labute approximate surface area is 127 Å². The SMILES string of the molecule is Cl.O=C(CSc1ccc([N+](=O)[O-])cc1)NC1CCNC1. The van der Waals surface area contributed by atoms with Crippen molar-refractivity contribution in [2.24, 2.45) is 0 Å². The van der Waals surface area contributed by atoms with E-state index in [1.807, 2.05) is 0 Å². The first-order valence-electron chi connectivity index (χ1n) is 6.02. The fraction of sp³-hybridized carbons (Fsp3) is 0.417. The van der Waals surface area contributed by atoms with Crippen LogP contribution in [-0.4, -0.2) is 35.7 Å². The molecule has 0 spiro atoms. The quantitative estimate of drug-likeness (QED) is 0.489. The molecule has 0 saturated carbocycles. The molecular formula is C12H16ClN3O3S. The summed E-state index contributed by atoms with van der Waals surface area (Å²) in [5.74, 6) is 0.325. The molecule has 2 N–H and O–H groups in total. The number of carbonyl (C=O) groups is 1. The van der Waals surface area contributed by atoms with Crippen molar-refractivity contribution in [3.63, 3.8) is 0 Å². The molecule has 1 amide bonds. The van der Waals surface area contributed by atoms with E-state index in [2.05, 4.69) is 10.6 Å². The number of non-ortho nitro benzene ring substituents is 1. The van der Waals surface area contributed by atoms with Crippen molar-refractivity contribution in [1.29, 1.82) is 0 Å². The van der Waals surface area contributed by atoms with Gasteiger partial charge in [0, 0.05) is 29.6 Å². The summed E-state index contributed by atoms with van der Waals surface area (Å²) in [6.45, 7) is 1.77. The number of nitro groups is 1. The summed E-state index contributed by atoms with van der Waals surface area (Å²) in [5.41, 5.74) is 0.0610. The monoisotopic (exact) mass is 317 g/mol. The molecule has 0 radical (unpaired) electrons. The van der Waals surface area contributed by atoms with Crippen LogP contribution in [0.25, 0.3) is 0 Å². The van der Waals surface area contributed by atoms with Gasteiger partial charge in [0.25, 0.3) is 5.69 Å². The van der Waals surface area contributed by atoms with Crippen LogP contribution in [0.1, 0.15) is 6.42 Å². The third-order valence-corrected chi connectivity index (χ3v) is 3.85. The van der Waals surface area contributed by atoms with Gasteiger partial charge in [-0.25, -0.2) is 0 Å². The second-order valence-corrected chi connectivity index (χ2v) is 5.35. The lowest BCUT2D eigenvalue weighted by Crippen LogP contribution is -2.37. The molecule has 1 aliphatic heterocycles.